The average Bonchev–Trinajstić information content (AvgIpc) is 3.01. The normalized spacial score (nSPS) is 15.8. The Morgan fingerprint density at radius 2 is 1.87 bits per heavy atom. The van der Waals surface area contributed by atoms with Gasteiger partial charge in [-0.1, -0.05) is 18.2 Å². The Hall–Kier alpha value is -2.57. The molecule has 1 aliphatic rings. The van der Waals surface area contributed by atoms with Gasteiger partial charge in [0.2, 0.25) is 5.76 Å². The first-order chi connectivity index (χ1) is 14.5. The van der Waals surface area contributed by atoms with Gasteiger partial charge in [0, 0.05) is 25.2 Å². The van der Waals surface area contributed by atoms with Crippen LogP contribution in [0.4, 0.5) is 0 Å². The van der Waals surface area contributed by atoms with Gasteiger partial charge in [-0.05, 0) is 61.4 Å². The van der Waals surface area contributed by atoms with Gasteiger partial charge < -0.3 is 14.1 Å². The summed E-state index contributed by atoms with van der Waals surface area (Å²) in [6.45, 7) is 4.89. The molecule has 1 aliphatic heterocycles. The van der Waals surface area contributed by atoms with Crippen molar-refractivity contribution in [2.75, 3.05) is 26.5 Å². The fraction of sp³-hybridized carbons (Fsp3) is 0.333. The fourth-order valence-corrected chi connectivity index (χ4v) is 4.63. The number of hydrogen-bond acceptors (Lipinski definition) is 5. The van der Waals surface area contributed by atoms with Crippen LogP contribution >= 0.6 is 11.8 Å². The Morgan fingerprint density at radius 3 is 2.53 bits per heavy atom. The summed E-state index contributed by atoms with van der Waals surface area (Å²) in [6.07, 6.45) is 2.70. The fourth-order valence-electron chi connectivity index (χ4n) is 4.22. The molecule has 1 atom stereocenters. The Bertz CT molecular complexity index is 1170. The molecule has 2 heterocycles. The summed E-state index contributed by atoms with van der Waals surface area (Å²) in [7, 11) is 1.64. The summed E-state index contributed by atoms with van der Waals surface area (Å²) in [5.41, 5.74) is 3.57. The summed E-state index contributed by atoms with van der Waals surface area (Å²) in [6, 6.07) is 11.4. The lowest BCUT2D eigenvalue weighted by Crippen LogP contribution is -2.31. The van der Waals surface area contributed by atoms with Gasteiger partial charge in [0.15, 0.2) is 5.43 Å². The number of amides is 1. The second-order valence-electron chi connectivity index (χ2n) is 7.65. The summed E-state index contributed by atoms with van der Waals surface area (Å²) < 4.78 is 11.3. The molecule has 6 heteroatoms. The van der Waals surface area contributed by atoms with E-state index in [0.717, 1.165) is 21.6 Å². The zero-order valence-electron chi connectivity index (χ0n) is 17.7. The first-order valence-electron chi connectivity index (χ1n) is 9.98. The molecule has 1 amide bonds. The third kappa shape index (κ3) is 3.44. The van der Waals surface area contributed by atoms with Crippen LogP contribution in [0, 0.1) is 13.8 Å². The molecule has 0 spiro atoms. The van der Waals surface area contributed by atoms with Crippen molar-refractivity contribution in [3.63, 3.8) is 0 Å². The van der Waals surface area contributed by atoms with Crippen LogP contribution in [-0.4, -0.2) is 37.3 Å². The van der Waals surface area contributed by atoms with Crippen molar-refractivity contribution in [3.8, 4) is 0 Å². The van der Waals surface area contributed by atoms with Crippen LogP contribution in [-0.2, 0) is 4.74 Å². The minimum absolute atomic E-state index is 0.125. The number of nitrogens with zero attached hydrogens (tertiary/aromatic N) is 1. The molecule has 5 nitrogen and oxygen atoms in total. The number of methoxy groups -OCH3 is 1. The van der Waals surface area contributed by atoms with Crippen molar-refractivity contribution in [1.82, 2.24) is 4.90 Å². The quantitative estimate of drug-likeness (QED) is 0.424. The molecule has 4 rings (SSSR count). The number of carbonyl (C=O) groups is 1. The molecular formula is C24H25NO4S. The van der Waals surface area contributed by atoms with E-state index in [0.29, 0.717) is 36.1 Å². The molecule has 0 saturated heterocycles. The Labute approximate surface area is 180 Å². The highest BCUT2D eigenvalue weighted by Crippen LogP contribution is 2.39. The van der Waals surface area contributed by atoms with Crippen molar-refractivity contribution < 1.29 is 13.9 Å². The highest BCUT2D eigenvalue weighted by Gasteiger charge is 2.42. The lowest BCUT2D eigenvalue weighted by molar-refractivity contribution is 0.0708. The predicted molar refractivity (Wildman–Crippen MR) is 120 cm³/mol. The van der Waals surface area contributed by atoms with Crippen LogP contribution in [0.15, 0.2) is 50.5 Å². The first kappa shape index (κ1) is 20.7. The molecule has 0 aliphatic carbocycles. The minimum atomic E-state index is -0.457. The minimum Gasteiger partial charge on any atom is -0.450 e. The number of benzene rings is 2. The molecule has 156 valence electrons. The van der Waals surface area contributed by atoms with Crippen LogP contribution in [0.3, 0.4) is 0 Å². The van der Waals surface area contributed by atoms with E-state index in [1.54, 1.807) is 23.8 Å². The van der Waals surface area contributed by atoms with Gasteiger partial charge in [-0.15, -0.1) is 11.8 Å². The Balaban J connectivity index is 1.93. The monoisotopic (exact) mass is 423 g/mol. The summed E-state index contributed by atoms with van der Waals surface area (Å²) in [5.74, 6) is -0.0742. The summed E-state index contributed by atoms with van der Waals surface area (Å²) in [5, 5.41) is 0.531. The maximum absolute atomic E-state index is 13.6. The second kappa shape index (κ2) is 8.28. The van der Waals surface area contributed by atoms with E-state index in [1.807, 2.05) is 56.5 Å². The molecule has 1 unspecified atom stereocenters. The number of rotatable bonds is 6. The lowest BCUT2D eigenvalue weighted by Gasteiger charge is -2.25. The van der Waals surface area contributed by atoms with Crippen LogP contribution in [0.25, 0.3) is 11.0 Å². The van der Waals surface area contributed by atoms with Crippen molar-refractivity contribution in [1.29, 1.82) is 0 Å². The van der Waals surface area contributed by atoms with Crippen LogP contribution in [0.5, 0.6) is 0 Å². The van der Waals surface area contributed by atoms with E-state index in [2.05, 4.69) is 0 Å². The highest BCUT2D eigenvalue weighted by atomic mass is 32.2. The Kier molecular flexibility index (Phi) is 5.71. The molecule has 2 aromatic carbocycles. The van der Waals surface area contributed by atoms with Crippen molar-refractivity contribution >= 4 is 28.6 Å². The topological polar surface area (TPSA) is 59.8 Å². The van der Waals surface area contributed by atoms with Crippen LogP contribution in [0.2, 0.25) is 0 Å². The molecule has 0 saturated carbocycles. The third-order valence-electron chi connectivity index (χ3n) is 5.58. The van der Waals surface area contributed by atoms with Gasteiger partial charge in [-0.3, -0.25) is 9.59 Å². The van der Waals surface area contributed by atoms with Crippen LogP contribution < -0.4 is 5.43 Å². The maximum atomic E-state index is 13.6. The van der Waals surface area contributed by atoms with Crippen molar-refractivity contribution in [2.45, 2.75) is 31.2 Å². The van der Waals surface area contributed by atoms with Gasteiger partial charge >= 0.3 is 0 Å². The molecule has 0 bridgehead atoms. The van der Waals surface area contributed by atoms with E-state index < -0.39 is 6.04 Å². The van der Waals surface area contributed by atoms with Gasteiger partial charge in [-0.25, -0.2) is 0 Å². The standard InChI is InChI=1S/C24H25NO4S/c1-14-12-15(2)22-18(13-14)21(26)19-20(16-6-8-17(30-4)9-7-16)25(10-5-11-28-3)24(27)23(19)29-22/h6-9,12-13,20H,5,10-11H2,1-4H3. The molecular weight excluding hydrogens is 398 g/mol. The molecule has 1 aromatic heterocycles. The van der Waals surface area contributed by atoms with Gasteiger partial charge in [0.25, 0.3) is 5.91 Å². The van der Waals surface area contributed by atoms with E-state index >= 15 is 0 Å². The largest absolute Gasteiger partial charge is 0.450 e. The van der Waals surface area contributed by atoms with Gasteiger partial charge in [0.05, 0.1) is 17.0 Å². The number of aryl methyl sites for hydroxylation is 2. The van der Waals surface area contributed by atoms with Gasteiger partial charge in [-0.2, -0.15) is 0 Å². The van der Waals surface area contributed by atoms with E-state index in [4.69, 9.17) is 9.15 Å². The van der Waals surface area contributed by atoms with Crippen LogP contribution in [0.1, 0.15) is 45.3 Å². The number of carbonyl (C=O) groups excluding carboxylic acids is 1. The van der Waals surface area contributed by atoms with E-state index in [-0.39, 0.29) is 17.1 Å². The molecule has 30 heavy (non-hydrogen) atoms. The van der Waals surface area contributed by atoms with Gasteiger partial charge in [0.1, 0.15) is 5.58 Å². The number of hydrogen-bond donors (Lipinski definition) is 0. The SMILES string of the molecule is COCCCN1C(=O)c2oc3c(C)cc(C)cc3c(=O)c2C1c1ccc(SC)cc1. The molecule has 0 N–H and O–H groups in total. The number of fused-ring (bicyclic) bond motifs is 2. The number of ether oxygens (including phenoxy) is 1. The molecule has 0 radical (unpaired) electrons. The average molecular weight is 424 g/mol. The molecule has 0 fully saturated rings. The third-order valence-corrected chi connectivity index (χ3v) is 6.32. The summed E-state index contributed by atoms with van der Waals surface area (Å²) in [4.78, 5) is 29.8. The predicted octanol–water partition coefficient (Wildman–Crippen LogP) is 4.71. The first-order valence-corrected chi connectivity index (χ1v) is 11.2. The van der Waals surface area contributed by atoms with E-state index in [9.17, 15) is 9.59 Å². The molecule has 3 aromatic rings. The zero-order valence-corrected chi connectivity index (χ0v) is 18.5. The zero-order chi connectivity index (χ0) is 21.4. The second-order valence-corrected chi connectivity index (χ2v) is 8.53. The smallest absolute Gasteiger partial charge is 0.290 e. The van der Waals surface area contributed by atoms with Crippen molar-refractivity contribution in [2.24, 2.45) is 0 Å². The van der Waals surface area contributed by atoms with E-state index in [1.165, 1.54) is 0 Å². The summed E-state index contributed by atoms with van der Waals surface area (Å²) >= 11 is 1.65. The lowest BCUT2D eigenvalue weighted by atomic mass is 9.97. The Morgan fingerprint density at radius 1 is 1.13 bits per heavy atom. The van der Waals surface area contributed by atoms with Crippen molar-refractivity contribution in [3.05, 3.63) is 74.6 Å². The highest BCUT2D eigenvalue weighted by molar-refractivity contribution is 7.98. The maximum Gasteiger partial charge on any atom is 0.290 e. The number of thioether (sulfide) groups is 1.